The van der Waals surface area contributed by atoms with Crippen molar-refractivity contribution >= 4 is 11.0 Å². The van der Waals surface area contributed by atoms with Gasteiger partial charge in [-0.25, -0.2) is 0 Å². The number of furan rings is 1. The van der Waals surface area contributed by atoms with Gasteiger partial charge < -0.3 is 9.32 Å². The number of aromatic nitrogens is 1. The van der Waals surface area contributed by atoms with Crippen molar-refractivity contribution in [1.82, 2.24) is 9.88 Å². The Balaban J connectivity index is 1.55. The highest BCUT2D eigenvalue weighted by atomic mass is 16.3. The van der Waals surface area contributed by atoms with Crippen LogP contribution >= 0.6 is 0 Å². The second-order valence-electron chi connectivity index (χ2n) is 6.82. The number of benzene rings is 1. The van der Waals surface area contributed by atoms with Crippen molar-refractivity contribution in [2.24, 2.45) is 0 Å². The van der Waals surface area contributed by atoms with E-state index >= 15 is 0 Å². The molecule has 4 rings (SSSR count). The first-order valence-corrected chi connectivity index (χ1v) is 8.85. The summed E-state index contributed by atoms with van der Waals surface area (Å²) in [6.07, 6.45) is 6.91. The van der Waals surface area contributed by atoms with Gasteiger partial charge in [-0.2, -0.15) is 5.26 Å². The van der Waals surface area contributed by atoms with Crippen molar-refractivity contribution in [3.8, 4) is 17.2 Å². The lowest BCUT2D eigenvalue weighted by atomic mass is 10.1. The van der Waals surface area contributed by atoms with Crippen LogP contribution in [0.15, 0.2) is 47.1 Å². The van der Waals surface area contributed by atoms with Gasteiger partial charge in [-0.15, -0.1) is 0 Å². The fourth-order valence-electron chi connectivity index (χ4n) is 3.63. The zero-order chi connectivity index (χ0) is 17.2. The minimum atomic E-state index is 0.567. The maximum Gasteiger partial charge on any atom is 0.134 e. The van der Waals surface area contributed by atoms with Gasteiger partial charge in [0.2, 0.25) is 0 Å². The molecule has 1 saturated heterocycles. The van der Waals surface area contributed by atoms with Crippen LogP contribution in [0.25, 0.3) is 22.1 Å². The van der Waals surface area contributed by atoms with E-state index in [4.69, 9.17) is 9.68 Å². The van der Waals surface area contributed by atoms with Crippen LogP contribution in [-0.4, -0.2) is 29.0 Å². The Morgan fingerprint density at radius 1 is 1.24 bits per heavy atom. The first-order valence-electron chi connectivity index (χ1n) is 8.85. The van der Waals surface area contributed by atoms with Crippen LogP contribution < -0.4 is 0 Å². The fraction of sp³-hybridized carbons (Fsp3) is 0.333. The van der Waals surface area contributed by atoms with Crippen LogP contribution in [0.5, 0.6) is 0 Å². The molecule has 0 N–H and O–H groups in total. The first kappa shape index (κ1) is 15.9. The molecule has 126 valence electrons. The summed E-state index contributed by atoms with van der Waals surface area (Å²) < 4.78 is 6.07. The zero-order valence-corrected chi connectivity index (χ0v) is 14.4. The lowest BCUT2D eigenvalue weighted by Crippen LogP contribution is -2.28. The van der Waals surface area contributed by atoms with E-state index in [9.17, 15) is 0 Å². The highest BCUT2D eigenvalue weighted by molar-refractivity contribution is 5.83. The standard InChI is InChI=1S/C21H21N3O/c1-15-3-2-7-24(15)8-6-20-10-18-5-4-17(11-21(18)25-20)19-9-16(12-22)13-23-14-19/h4-5,9-11,13-15H,2-3,6-8H2,1H3/t15-/m1/s1. The van der Waals surface area contributed by atoms with Crippen molar-refractivity contribution in [3.05, 3.63) is 54.0 Å². The largest absolute Gasteiger partial charge is 0.461 e. The van der Waals surface area contributed by atoms with Crippen molar-refractivity contribution in [3.63, 3.8) is 0 Å². The fourth-order valence-corrected chi connectivity index (χ4v) is 3.63. The number of nitrogens with zero attached hydrogens (tertiary/aromatic N) is 3. The van der Waals surface area contributed by atoms with Crippen LogP contribution in [-0.2, 0) is 6.42 Å². The third kappa shape index (κ3) is 3.29. The van der Waals surface area contributed by atoms with E-state index in [0.29, 0.717) is 11.6 Å². The minimum absolute atomic E-state index is 0.567. The smallest absolute Gasteiger partial charge is 0.134 e. The molecule has 1 fully saturated rings. The molecular weight excluding hydrogens is 310 g/mol. The predicted molar refractivity (Wildman–Crippen MR) is 98.1 cm³/mol. The Hall–Kier alpha value is -2.64. The summed E-state index contributed by atoms with van der Waals surface area (Å²) in [6.45, 7) is 4.57. The van der Waals surface area contributed by atoms with E-state index in [1.807, 2.05) is 12.1 Å². The molecular formula is C21H21N3O. The molecule has 0 aliphatic carbocycles. The lowest BCUT2D eigenvalue weighted by molar-refractivity contribution is 0.266. The van der Waals surface area contributed by atoms with Gasteiger partial charge >= 0.3 is 0 Å². The summed E-state index contributed by atoms with van der Waals surface area (Å²) in [5.74, 6) is 1.04. The molecule has 1 aromatic carbocycles. The molecule has 4 nitrogen and oxygen atoms in total. The van der Waals surface area contributed by atoms with Crippen LogP contribution in [0.3, 0.4) is 0 Å². The first-order chi connectivity index (χ1) is 12.2. The highest BCUT2D eigenvalue weighted by Gasteiger charge is 2.20. The van der Waals surface area contributed by atoms with Crippen LogP contribution in [0, 0.1) is 11.3 Å². The molecule has 1 aliphatic rings. The summed E-state index contributed by atoms with van der Waals surface area (Å²) in [5.41, 5.74) is 3.41. The molecule has 25 heavy (non-hydrogen) atoms. The second kappa shape index (κ2) is 6.70. The van der Waals surface area contributed by atoms with E-state index in [2.05, 4.69) is 41.1 Å². The second-order valence-corrected chi connectivity index (χ2v) is 6.82. The molecule has 2 aromatic heterocycles. The van der Waals surface area contributed by atoms with Gasteiger partial charge in [0.1, 0.15) is 17.4 Å². The molecule has 0 bridgehead atoms. The van der Waals surface area contributed by atoms with Gasteiger partial charge in [-0.3, -0.25) is 4.98 Å². The van der Waals surface area contributed by atoms with Gasteiger partial charge in [-0.1, -0.05) is 12.1 Å². The number of hydrogen-bond acceptors (Lipinski definition) is 4. The van der Waals surface area contributed by atoms with E-state index in [-0.39, 0.29) is 0 Å². The summed E-state index contributed by atoms with van der Waals surface area (Å²) in [5, 5.41) is 10.2. The molecule has 0 unspecified atom stereocenters. The SMILES string of the molecule is C[C@@H]1CCCN1CCc1cc2ccc(-c3cncc(C#N)c3)cc2o1. The normalized spacial score (nSPS) is 17.8. The molecule has 0 radical (unpaired) electrons. The number of nitriles is 1. The lowest BCUT2D eigenvalue weighted by Gasteiger charge is -2.19. The number of rotatable bonds is 4. The van der Waals surface area contributed by atoms with Crippen LogP contribution in [0.4, 0.5) is 0 Å². The van der Waals surface area contributed by atoms with Crippen molar-refractivity contribution < 1.29 is 4.42 Å². The highest BCUT2D eigenvalue weighted by Crippen LogP contribution is 2.27. The predicted octanol–water partition coefficient (Wildman–Crippen LogP) is 4.39. The number of hydrogen-bond donors (Lipinski definition) is 0. The molecule has 3 aromatic rings. The Kier molecular flexibility index (Phi) is 4.25. The van der Waals surface area contributed by atoms with Crippen LogP contribution in [0.1, 0.15) is 31.1 Å². The van der Waals surface area contributed by atoms with E-state index in [1.54, 1.807) is 12.4 Å². The maximum absolute atomic E-state index is 9.04. The molecule has 3 heterocycles. The van der Waals surface area contributed by atoms with Crippen LogP contribution in [0.2, 0.25) is 0 Å². The van der Waals surface area contributed by atoms with Gasteiger partial charge in [0.05, 0.1) is 5.56 Å². The molecule has 0 spiro atoms. The van der Waals surface area contributed by atoms with E-state index in [0.717, 1.165) is 40.8 Å². The quantitative estimate of drug-likeness (QED) is 0.711. The van der Waals surface area contributed by atoms with Gasteiger partial charge in [0.25, 0.3) is 0 Å². The third-order valence-electron chi connectivity index (χ3n) is 5.11. The Morgan fingerprint density at radius 2 is 2.16 bits per heavy atom. The molecule has 4 heteroatoms. The zero-order valence-electron chi connectivity index (χ0n) is 14.4. The topological polar surface area (TPSA) is 53.1 Å². The summed E-state index contributed by atoms with van der Waals surface area (Å²) in [6, 6.07) is 13.0. The molecule has 1 aliphatic heterocycles. The number of pyridine rings is 1. The van der Waals surface area contributed by atoms with Crippen molar-refractivity contribution in [2.75, 3.05) is 13.1 Å². The van der Waals surface area contributed by atoms with E-state index in [1.165, 1.54) is 19.4 Å². The van der Waals surface area contributed by atoms with Gasteiger partial charge in [-0.05, 0) is 50.1 Å². The Bertz CT molecular complexity index is 938. The van der Waals surface area contributed by atoms with Gasteiger partial charge in [0, 0.05) is 42.4 Å². The molecule has 0 saturated carbocycles. The Morgan fingerprint density at radius 3 is 2.96 bits per heavy atom. The minimum Gasteiger partial charge on any atom is -0.461 e. The summed E-state index contributed by atoms with van der Waals surface area (Å²) in [7, 11) is 0. The van der Waals surface area contributed by atoms with E-state index < -0.39 is 0 Å². The molecule has 0 amide bonds. The summed E-state index contributed by atoms with van der Waals surface area (Å²) in [4.78, 5) is 6.68. The monoisotopic (exact) mass is 331 g/mol. The number of likely N-dealkylation sites (tertiary alicyclic amines) is 1. The Labute approximate surface area is 147 Å². The molecule has 1 atom stereocenters. The van der Waals surface area contributed by atoms with Crippen molar-refractivity contribution in [2.45, 2.75) is 32.2 Å². The maximum atomic E-state index is 9.04. The number of fused-ring (bicyclic) bond motifs is 1. The third-order valence-corrected chi connectivity index (χ3v) is 5.11. The van der Waals surface area contributed by atoms with Crippen molar-refractivity contribution in [1.29, 1.82) is 5.26 Å². The summed E-state index contributed by atoms with van der Waals surface area (Å²) >= 11 is 0. The van der Waals surface area contributed by atoms with Gasteiger partial charge in [0.15, 0.2) is 0 Å². The average Bonchev–Trinajstić information content (AvgIpc) is 3.24. The average molecular weight is 331 g/mol.